The van der Waals surface area contributed by atoms with Crippen molar-refractivity contribution in [1.82, 2.24) is 9.55 Å². The number of hydrogen-bond acceptors (Lipinski definition) is 2. The molecule has 1 rings (SSSR count). The Labute approximate surface area is 47.9 Å². The van der Waals surface area contributed by atoms with E-state index in [0.717, 1.165) is 0 Å². The minimum atomic E-state index is 0.552. The monoisotopic (exact) mass is 111 g/mol. The fourth-order valence-corrected chi connectivity index (χ4v) is 0.468. The Balaban J connectivity index is 2.50. The van der Waals surface area contributed by atoms with Gasteiger partial charge in [0, 0.05) is 13.3 Å². The van der Waals surface area contributed by atoms with Crippen molar-refractivity contribution in [3.8, 4) is 0 Å². The molecule has 0 saturated heterocycles. The maximum absolute atomic E-state index is 4.79. The largest absolute Gasteiger partial charge is 0.364 e. The van der Waals surface area contributed by atoms with Gasteiger partial charge >= 0.3 is 0 Å². The number of ether oxygens (including phenoxy) is 1. The lowest BCUT2D eigenvalue weighted by Crippen LogP contribution is -1.94. The van der Waals surface area contributed by atoms with Crippen LogP contribution in [0.1, 0.15) is 0 Å². The lowest BCUT2D eigenvalue weighted by molar-refractivity contribution is 0.131. The number of nitrogens with zero attached hydrogens (tertiary/aromatic N) is 2. The number of rotatable bonds is 2. The smallest absolute Gasteiger partial charge is 0.123 e. The van der Waals surface area contributed by atoms with E-state index in [1.54, 1.807) is 24.2 Å². The van der Waals surface area contributed by atoms with Crippen LogP contribution in [0.4, 0.5) is 0 Å². The van der Waals surface area contributed by atoms with Gasteiger partial charge in [0.1, 0.15) is 12.9 Å². The molecule has 3 heteroatoms. The van der Waals surface area contributed by atoms with Gasteiger partial charge in [0.25, 0.3) is 0 Å². The van der Waals surface area contributed by atoms with Crippen molar-refractivity contribution in [2.75, 3.05) is 7.11 Å². The standard InChI is InChI=1S/C5H7N2O/c1-8-5-7-3-2-6-4-7/h3-4H,5H2,1H3. The molecule has 0 aliphatic carbocycles. The molecule has 0 saturated carbocycles. The molecule has 0 amide bonds. The summed E-state index contributed by atoms with van der Waals surface area (Å²) in [5, 5.41) is 0. The third-order valence-corrected chi connectivity index (χ3v) is 0.782. The Morgan fingerprint density at radius 3 is 3.25 bits per heavy atom. The summed E-state index contributed by atoms with van der Waals surface area (Å²) in [5.41, 5.74) is 0. The Hall–Kier alpha value is -0.830. The highest BCUT2D eigenvalue weighted by atomic mass is 16.5. The molecule has 0 aromatic carbocycles. The van der Waals surface area contributed by atoms with Crippen LogP contribution in [0.25, 0.3) is 0 Å². The highest BCUT2D eigenvalue weighted by Crippen LogP contribution is 1.82. The molecular formula is C5H7N2O. The van der Waals surface area contributed by atoms with E-state index in [0.29, 0.717) is 6.73 Å². The van der Waals surface area contributed by atoms with Crippen LogP contribution in [0.2, 0.25) is 0 Å². The van der Waals surface area contributed by atoms with E-state index in [2.05, 4.69) is 11.2 Å². The first-order valence-corrected chi connectivity index (χ1v) is 2.30. The summed E-state index contributed by atoms with van der Waals surface area (Å²) in [6, 6.07) is 0. The molecule has 1 heterocycles. The van der Waals surface area contributed by atoms with Crippen LogP contribution in [-0.4, -0.2) is 16.7 Å². The SMILES string of the molecule is COCn1c[c]nc1. The van der Waals surface area contributed by atoms with Crippen molar-refractivity contribution in [2.24, 2.45) is 0 Å². The predicted octanol–water partition coefficient (Wildman–Crippen LogP) is 0.287. The number of hydrogen-bond donors (Lipinski definition) is 0. The van der Waals surface area contributed by atoms with Gasteiger partial charge in [0.2, 0.25) is 0 Å². The summed E-state index contributed by atoms with van der Waals surface area (Å²) in [6.45, 7) is 0.552. The molecule has 0 bridgehead atoms. The second-order valence-corrected chi connectivity index (χ2v) is 1.43. The summed E-state index contributed by atoms with van der Waals surface area (Å²) in [4.78, 5) is 3.70. The fraction of sp³-hybridized carbons (Fsp3) is 0.400. The average molecular weight is 111 g/mol. The third-order valence-electron chi connectivity index (χ3n) is 0.782. The van der Waals surface area contributed by atoms with Crippen LogP contribution in [-0.2, 0) is 11.5 Å². The second kappa shape index (κ2) is 2.47. The van der Waals surface area contributed by atoms with E-state index < -0.39 is 0 Å². The van der Waals surface area contributed by atoms with Crippen molar-refractivity contribution in [2.45, 2.75) is 6.73 Å². The van der Waals surface area contributed by atoms with Gasteiger partial charge in [-0.1, -0.05) is 0 Å². The molecular weight excluding hydrogens is 104 g/mol. The van der Waals surface area contributed by atoms with E-state index in [4.69, 9.17) is 4.74 Å². The zero-order chi connectivity index (χ0) is 5.82. The fourth-order valence-electron chi connectivity index (χ4n) is 0.468. The summed E-state index contributed by atoms with van der Waals surface area (Å²) >= 11 is 0. The molecule has 1 aromatic rings. The van der Waals surface area contributed by atoms with Crippen LogP contribution >= 0.6 is 0 Å². The average Bonchev–Trinajstić information content (AvgIpc) is 2.19. The molecule has 0 aliphatic rings. The van der Waals surface area contributed by atoms with E-state index in [1.807, 2.05) is 0 Å². The van der Waals surface area contributed by atoms with Crippen LogP contribution in [0, 0.1) is 6.20 Å². The van der Waals surface area contributed by atoms with Gasteiger partial charge in [-0.15, -0.1) is 0 Å². The first-order valence-electron chi connectivity index (χ1n) is 2.30. The molecule has 0 N–H and O–H groups in total. The minimum Gasteiger partial charge on any atom is -0.364 e. The molecule has 0 aliphatic heterocycles. The van der Waals surface area contributed by atoms with Crippen molar-refractivity contribution >= 4 is 0 Å². The molecule has 8 heavy (non-hydrogen) atoms. The summed E-state index contributed by atoms with van der Waals surface area (Å²) < 4.78 is 6.58. The van der Waals surface area contributed by atoms with Crippen molar-refractivity contribution in [3.05, 3.63) is 18.7 Å². The zero-order valence-electron chi connectivity index (χ0n) is 4.66. The lowest BCUT2D eigenvalue weighted by atomic mass is 10.9. The first-order chi connectivity index (χ1) is 3.93. The topological polar surface area (TPSA) is 27.1 Å². The van der Waals surface area contributed by atoms with Gasteiger partial charge < -0.3 is 9.30 Å². The molecule has 1 aromatic heterocycles. The Morgan fingerprint density at radius 1 is 1.88 bits per heavy atom. The van der Waals surface area contributed by atoms with Gasteiger partial charge in [0.05, 0.1) is 6.33 Å². The van der Waals surface area contributed by atoms with Crippen LogP contribution in [0.15, 0.2) is 12.5 Å². The van der Waals surface area contributed by atoms with E-state index >= 15 is 0 Å². The van der Waals surface area contributed by atoms with Gasteiger partial charge in [0.15, 0.2) is 0 Å². The Kier molecular flexibility index (Phi) is 1.64. The first kappa shape index (κ1) is 5.31. The second-order valence-electron chi connectivity index (χ2n) is 1.43. The van der Waals surface area contributed by atoms with Gasteiger partial charge in [-0.25, -0.2) is 4.98 Å². The van der Waals surface area contributed by atoms with Gasteiger partial charge in [-0.2, -0.15) is 0 Å². The van der Waals surface area contributed by atoms with E-state index in [9.17, 15) is 0 Å². The normalized spacial score (nSPS) is 9.62. The number of aromatic nitrogens is 2. The zero-order valence-corrected chi connectivity index (χ0v) is 4.66. The molecule has 0 spiro atoms. The van der Waals surface area contributed by atoms with E-state index in [1.165, 1.54) is 0 Å². The summed E-state index contributed by atoms with van der Waals surface area (Å²) in [5.74, 6) is 0. The van der Waals surface area contributed by atoms with Crippen LogP contribution < -0.4 is 0 Å². The number of methoxy groups -OCH3 is 1. The lowest BCUT2D eigenvalue weighted by Gasteiger charge is -1.94. The maximum atomic E-state index is 4.79. The summed E-state index contributed by atoms with van der Waals surface area (Å²) in [6.07, 6.45) is 6.03. The van der Waals surface area contributed by atoms with Gasteiger partial charge in [-0.05, 0) is 0 Å². The van der Waals surface area contributed by atoms with Crippen LogP contribution in [0.5, 0.6) is 0 Å². The van der Waals surface area contributed by atoms with Crippen molar-refractivity contribution in [1.29, 1.82) is 0 Å². The number of imidazole rings is 1. The molecule has 43 valence electrons. The molecule has 0 fully saturated rings. The van der Waals surface area contributed by atoms with E-state index in [-0.39, 0.29) is 0 Å². The van der Waals surface area contributed by atoms with Crippen LogP contribution in [0.3, 0.4) is 0 Å². The third kappa shape index (κ3) is 1.07. The maximum Gasteiger partial charge on any atom is 0.123 e. The predicted molar refractivity (Wildman–Crippen MR) is 28.1 cm³/mol. The molecule has 0 atom stereocenters. The van der Waals surface area contributed by atoms with Crippen molar-refractivity contribution < 1.29 is 4.74 Å². The Bertz CT molecular complexity index is 136. The minimum absolute atomic E-state index is 0.552. The highest BCUT2D eigenvalue weighted by Gasteiger charge is 1.82. The highest BCUT2D eigenvalue weighted by molar-refractivity contribution is 4.69. The summed E-state index contributed by atoms with van der Waals surface area (Å²) in [7, 11) is 1.64. The molecule has 3 nitrogen and oxygen atoms in total. The van der Waals surface area contributed by atoms with Crippen molar-refractivity contribution in [3.63, 3.8) is 0 Å². The quantitative estimate of drug-likeness (QED) is 0.548. The van der Waals surface area contributed by atoms with Gasteiger partial charge in [-0.3, -0.25) is 0 Å². The molecule has 0 unspecified atom stereocenters. The molecule has 1 radical (unpaired) electrons. The Morgan fingerprint density at radius 2 is 2.75 bits per heavy atom.